The van der Waals surface area contributed by atoms with Crippen LogP contribution in [0.1, 0.15) is 37.7 Å². The molecule has 1 N–H and O–H groups in total. The molecule has 0 spiro atoms. The topological polar surface area (TPSA) is 94.5 Å². The number of carbonyl (C=O) groups is 2. The van der Waals surface area contributed by atoms with E-state index in [-0.39, 0.29) is 17.0 Å². The van der Waals surface area contributed by atoms with Crippen molar-refractivity contribution in [2.75, 3.05) is 11.3 Å². The van der Waals surface area contributed by atoms with Crippen molar-refractivity contribution in [3.8, 4) is 5.69 Å². The number of benzene rings is 3. The molecule has 4 rings (SSSR count). The molecule has 1 heterocycles. The van der Waals surface area contributed by atoms with Crippen molar-refractivity contribution in [1.82, 2.24) is 4.57 Å². The average molecular weight is 549 g/mol. The zero-order valence-electron chi connectivity index (χ0n) is 20.7. The standard InChI is InChI=1S/C29H25ClN2O5S/c1-20-18-27(21(2)32(20)26-14-10-24(30)11-15-26)28(33)19-37-29(34)23-8-12-25(13-9-23)31-38(35,36)17-16-22-6-4-3-5-7-22/h3-18,31H,19H2,1-2H3. The molecule has 9 heteroatoms. The Labute approximate surface area is 226 Å². The second-order valence-corrected chi connectivity index (χ2v) is 10.5. The van der Waals surface area contributed by atoms with Crippen molar-refractivity contribution < 1.29 is 22.7 Å². The van der Waals surface area contributed by atoms with Crippen LogP contribution in [0.15, 0.2) is 90.3 Å². The fraction of sp³-hybridized carbons (Fsp3) is 0.103. The number of carbonyl (C=O) groups excluding carboxylic acids is 2. The molecule has 7 nitrogen and oxygen atoms in total. The van der Waals surface area contributed by atoms with E-state index in [1.165, 1.54) is 30.3 Å². The van der Waals surface area contributed by atoms with Crippen LogP contribution in [0, 0.1) is 13.8 Å². The van der Waals surface area contributed by atoms with Gasteiger partial charge in [0.25, 0.3) is 10.0 Å². The summed E-state index contributed by atoms with van der Waals surface area (Å²) in [5, 5.41) is 1.69. The number of aromatic nitrogens is 1. The number of nitrogens with one attached hydrogen (secondary N) is 1. The summed E-state index contributed by atoms with van der Waals surface area (Å²) in [4.78, 5) is 25.3. The Morgan fingerprint density at radius 2 is 1.61 bits per heavy atom. The number of sulfonamides is 1. The average Bonchev–Trinajstić information content (AvgIpc) is 3.21. The van der Waals surface area contributed by atoms with E-state index in [1.807, 2.05) is 48.7 Å². The third kappa shape index (κ3) is 6.59. The number of ketones is 1. The van der Waals surface area contributed by atoms with E-state index in [9.17, 15) is 18.0 Å². The summed E-state index contributed by atoms with van der Waals surface area (Å²) < 4.78 is 34.2. The van der Waals surface area contributed by atoms with Crippen LogP contribution >= 0.6 is 11.6 Å². The molecule has 0 saturated heterocycles. The SMILES string of the molecule is Cc1cc(C(=O)COC(=O)c2ccc(NS(=O)(=O)C=Cc3ccccc3)cc2)c(C)n1-c1ccc(Cl)cc1. The summed E-state index contributed by atoms with van der Waals surface area (Å²) in [5.74, 6) is -1.02. The monoisotopic (exact) mass is 548 g/mol. The fourth-order valence-electron chi connectivity index (χ4n) is 3.93. The number of hydrogen-bond donors (Lipinski definition) is 1. The van der Waals surface area contributed by atoms with Gasteiger partial charge in [-0.3, -0.25) is 9.52 Å². The third-order valence-corrected chi connectivity index (χ3v) is 7.04. The normalized spacial score (nSPS) is 11.4. The van der Waals surface area contributed by atoms with Crippen molar-refractivity contribution in [2.24, 2.45) is 0 Å². The Balaban J connectivity index is 1.37. The van der Waals surface area contributed by atoms with E-state index in [0.29, 0.717) is 10.6 Å². The molecule has 0 radical (unpaired) electrons. The number of nitrogens with zero attached hydrogens (tertiary/aromatic N) is 1. The third-order valence-electron chi connectivity index (χ3n) is 5.77. The zero-order valence-corrected chi connectivity index (χ0v) is 22.3. The first-order valence-electron chi connectivity index (χ1n) is 11.6. The summed E-state index contributed by atoms with van der Waals surface area (Å²) >= 11 is 5.98. The number of hydrogen-bond acceptors (Lipinski definition) is 5. The molecule has 0 aliphatic heterocycles. The van der Waals surface area contributed by atoms with Gasteiger partial charge in [0.05, 0.1) is 11.0 Å². The van der Waals surface area contributed by atoms with Gasteiger partial charge in [-0.05, 0) is 80.1 Å². The smallest absolute Gasteiger partial charge is 0.338 e. The predicted octanol–water partition coefficient (Wildman–Crippen LogP) is 6.20. The Kier molecular flexibility index (Phi) is 8.14. The lowest BCUT2D eigenvalue weighted by molar-refractivity contribution is 0.0474. The number of Topliss-reactive ketones (excluding diaryl/α,β-unsaturated/α-hetero) is 1. The maximum atomic E-state index is 12.8. The first-order valence-corrected chi connectivity index (χ1v) is 13.6. The number of aryl methyl sites for hydroxylation is 1. The molecule has 0 amide bonds. The highest BCUT2D eigenvalue weighted by atomic mass is 35.5. The first kappa shape index (κ1) is 26.9. The molecular weight excluding hydrogens is 524 g/mol. The van der Waals surface area contributed by atoms with Gasteiger partial charge in [-0.2, -0.15) is 0 Å². The van der Waals surface area contributed by atoms with E-state index in [0.717, 1.165) is 28.0 Å². The molecule has 4 aromatic rings. The Morgan fingerprint density at radius 1 is 0.947 bits per heavy atom. The van der Waals surface area contributed by atoms with Crippen LogP contribution in [0.25, 0.3) is 11.8 Å². The summed E-state index contributed by atoms with van der Waals surface area (Å²) in [7, 11) is -3.75. The molecule has 0 bridgehead atoms. The maximum absolute atomic E-state index is 12.8. The molecule has 0 aliphatic carbocycles. The van der Waals surface area contributed by atoms with Crippen LogP contribution in [0.2, 0.25) is 5.02 Å². The number of esters is 1. The van der Waals surface area contributed by atoms with Crippen molar-refractivity contribution >= 4 is 45.1 Å². The Bertz CT molecular complexity index is 1590. The van der Waals surface area contributed by atoms with Gasteiger partial charge in [0.2, 0.25) is 5.78 Å². The quantitative estimate of drug-likeness (QED) is 0.198. The molecule has 3 aromatic carbocycles. The second-order valence-electron chi connectivity index (χ2n) is 8.53. The second kappa shape index (κ2) is 11.5. The van der Waals surface area contributed by atoms with Crippen LogP contribution in [-0.2, 0) is 14.8 Å². The minimum Gasteiger partial charge on any atom is -0.454 e. The number of rotatable bonds is 9. The molecule has 0 fully saturated rings. The lowest BCUT2D eigenvalue weighted by Crippen LogP contribution is -2.15. The van der Waals surface area contributed by atoms with Gasteiger partial charge in [-0.1, -0.05) is 41.9 Å². The van der Waals surface area contributed by atoms with Crippen LogP contribution < -0.4 is 4.72 Å². The van der Waals surface area contributed by atoms with E-state index < -0.39 is 22.6 Å². The van der Waals surface area contributed by atoms with E-state index in [4.69, 9.17) is 16.3 Å². The highest BCUT2D eigenvalue weighted by Crippen LogP contribution is 2.23. The Morgan fingerprint density at radius 3 is 2.26 bits per heavy atom. The van der Waals surface area contributed by atoms with E-state index in [2.05, 4.69) is 4.72 Å². The summed E-state index contributed by atoms with van der Waals surface area (Å²) in [5.41, 5.74) is 4.12. The molecule has 194 valence electrons. The van der Waals surface area contributed by atoms with Crippen LogP contribution in [0.5, 0.6) is 0 Å². The summed E-state index contributed by atoms with van der Waals surface area (Å²) in [6.45, 7) is 3.28. The summed E-state index contributed by atoms with van der Waals surface area (Å²) in [6.07, 6.45) is 1.48. The molecule has 0 saturated carbocycles. The lowest BCUT2D eigenvalue weighted by Gasteiger charge is -2.10. The minimum atomic E-state index is -3.75. The highest BCUT2D eigenvalue weighted by Gasteiger charge is 2.19. The molecule has 0 atom stereocenters. The van der Waals surface area contributed by atoms with Crippen LogP contribution in [0.4, 0.5) is 5.69 Å². The van der Waals surface area contributed by atoms with Gasteiger partial charge in [-0.25, -0.2) is 13.2 Å². The van der Waals surface area contributed by atoms with Gasteiger partial charge in [-0.15, -0.1) is 0 Å². The molecule has 38 heavy (non-hydrogen) atoms. The van der Waals surface area contributed by atoms with Crippen LogP contribution in [-0.4, -0.2) is 31.3 Å². The molecule has 1 aromatic heterocycles. The maximum Gasteiger partial charge on any atom is 0.338 e. The van der Waals surface area contributed by atoms with Gasteiger partial charge in [0.15, 0.2) is 6.61 Å². The fourth-order valence-corrected chi connectivity index (χ4v) is 4.92. The molecule has 0 aliphatic rings. The minimum absolute atomic E-state index is 0.187. The van der Waals surface area contributed by atoms with Gasteiger partial charge >= 0.3 is 5.97 Å². The predicted molar refractivity (Wildman–Crippen MR) is 149 cm³/mol. The molecule has 0 unspecified atom stereocenters. The van der Waals surface area contributed by atoms with Crippen molar-refractivity contribution in [2.45, 2.75) is 13.8 Å². The number of halogens is 1. The highest BCUT2D eigenvalue weighted by molar-refractivity contribution is 7.95. The van der Waals surface area contributed by atoms with Gasteiger partial charge in [0, 0.05) is 33.3 Å². The molecular formula is C29H25ClN2O5S. The number of ether oxygens (including phenoxy) is 1. The number of anilines is 1. The first-order chi connectivity index (χ1) is 18.1. The van der Waals surface area contributed by atoms with Crippen molar-refractivity contribution in [3.05, 3.63) is 123 Å². The Hall–Kier alpha value is -4.14. The van der Waals surface area contributed by atoms with E-state index >= 15 is 0 Å². The lowest BCUT2D eigenvalue weighted by atomic mass is 10.1. The van der Waals surface area contributed by atoms with E-state index in [1.54, 1.807) is 30.3 Å². The van der Waals surface area contributed by atoms with Crippen molar-refractivity contribution in [1.29, 1.82) is 0 Å². The van der Waals surface area contributed by atoms with Crippen molar-refractivity contribution in [3.63, 3.8) is 0 Å². The van der Waals surface area contributed by atoms with Crippen LogP contribution in [0.3, 0.4) is 0 Å². The van der Waals surface area contributed by atoms with Gasteiger partial charge < -0.3 is 9.30 Å². The summed E-state index contributed by atoms with van der Waals surface area (Å²) in [6, 6.07) is 23.8. The zero-order chi connectivity index (χ0) is 27.3. The van der Waals surface area contributed by atoms with Gasteiger partial charge in [0.1, 0.15) is 0 Å². The largest absolute Gasteiger partial charge is 0.454 e.